The van der Waals surface area contributed by atoms with Crippen LogP contribution in [-0.2, 0) is 0 Å². The van der Waals surface area contributed by atoms with E-state index in [0.717, 1.165) is 6.07 Å². The van der Waals surface area contributed by atoms with Crippen LogP contribution in [0.5, 0.6) is 0 Å². The molecule has 0 saturated carbocycles. The van der Waals surface area contributed by atoms with Gasteiger partial charge in [-0.1, -0.05) is 17.7 Å². The van der Waals surface area contributed by atoms with Crippen molar-refractivity contribution in [2.24, 2.45) is 0 Å². The number of nitrogens with zero attached hydrogens (tertiary/aromatic N) is 2. The average molecular weight is 407 g/mol. The second-order valence-corrected chi connectivity index (χ2v) is 6.89. The van der Waals surface area contributed by atoms with Crippen LogP contribution in [0.2, 0.25) is 5.02 Å². The van der Waals surface area contributed by atoms with Gasteiger partial charge in [-0.2, -0.15) is 0 Å². The van der Waals surface area contributed by atoms with Crippen molar-refractivity contribution in [3.8, 4) is 17.1 Å². The van der Waals surface area contributed by atoms with Gasteiger partial charge in [0.1, 0.15) is 11.3 Å². The predicted octanol–water partition coefficient (Wildman–Crippen LogP) is 2.76. The molecule has 0 radical (unpaired) electrons. The van der Waals surface area contributed by atoms with E-state index in [9.17, 15) is 14.4 Å². The van der Waals surface area contributed by atoms with Crippen LogP contribution in [-0.4, -0.2) is 21.4 Å². The van der Waals surface area contributed by atoms with E-state index in [0.29, 0.717) is 33.3 Å². The molecule has 0 spiro atoms. The molecule has 1 aliphatic rings. The van der Waals surface area contributed by atoms with Crippen molar-refractivity contribution < 1.29 is 14.0 Å². The first kappa shape index (κ1) is 17.2. The minimum atomic E-state index is -0.639. The number of fused-ring (bicyclic) bond motifs is 2. The monoisotopic (exact) mass is 406 g/mol. The summed E-state index contributed by atoms with van der Waals surface area (Å²) in [7, 11) is 0. The minimum absolute atomic E-state index is 0.0171. The molecule has 0 atom stereocenters. The number of anilines is 1. The van der Waals surface area contributed by atoms with Crippen LogP contribution in [0.15, 0.2) is 57.7 Å². The van der Waals surface area contributed by atoms with Gasteiger partial charge < -0.3 is 10.2 Å². The molecule has 3 heterocycles. The summed E-state index contributed by atoms with van der Waals surface area (Å²) in [5, 5.41) is 2.67. The lowest BCUT2D eigenvalue weighted by atomic mass is 10.1. The molecular formula is C20H11ClN4O4. The molecule has 0 unspecified atom stereocenters. The molecule has 0 fully saturated rings. The number of oxazole rings is 1. The molecule has 8 nitrogen and oxygen atoms in total. The van der Waals surface area contributed by atoms with Gasteiger partial charge in [-0.15, -0.1) is 0 Å². The topological polar surface area (TPSA) is 120 Å². The Morgan fingerprint density at radius 2 is 1.86 bits per heavy atom. The minimum Gasteiger partial charge on any atom is -0.436 e. The maximum absolute atomic E-state index is 12.6. The van der Waals surface area contributed by atoms with E-state index in [4.69, 9.17) is 21.8 Å². The second-order valence-electron chi connectivity index (χ2n) is 6.46. The molecule has 2 aromatic carbocycles. The van der Waals surface area contributed by atoms with E-state index in [-0.39, 0.29) is 16.9 Å². The van der Waals surface area contributed by atoms with Gasteiger partial charge in [0.2, 0.25) is 5.89 Å². The Hall–Kier alpha value is -3.91. The second kappa shape index (κ2) is 6.05. The first-order valence-corrected chi connectivity index (χ1v) is 8.88. The van der Waals surface area contributed by atoms with Crippen LogP contribution in [0.3, 0.4) is 0 Å². The molecule has 142 valence electrons. The molecule has 2 amide bonds. The number of halogens is 1. The molecule has 1 aliphatic heterocycles. The maximum atomic E-state index is 12.6. The first-order valence-electron chi connectivity index (χ1n) is 8.50. The number of amides is 2. The third-order valence-electron chi connectivity index (χ3n) is 4.66. The summed E-state index contributed by atoms with van der Waals surface area (Å²) >= 11 is 5.99. The van der Waals surface area contributed by atoms with E-state index < -0.39 is 17.4 Å². The summed E-state index contributed by atoms with van der Waals surface area (Å²) in [5.74, 6) is -1.05. The number of hydrogen-bond acceptors (Lipinski definition) is 6. The molecule has 3 N–H and O–H groups in total. The Morgan fingerprint density at radius 3 is 2.69 bits per heavy atom. The molecule has 2 aromatic heterocycles. The zero-order chi connectivity index (χ0) is 20.3. The zero-order valence-electron chi connectivity index (χ0n) is 14.6. The van der Waals surface area contributed by atoms with Crippen LogP contribution >= 0.6 is 11.6 Å². The maximum Gasteiger partial charge on any atom is 0.262 e. The van der Waals surface area contributed by atoms with Crippen LogP contribution in [0.25, 0.3) is 28.2 Å². The van der Waals surface area contributed by atoms with Crippen molar-refractivity contribution in [1.29, 1.82) is 0 Å². The van der Waals surface area contributed by atoms with Gasteiger partial charge in [-0.25, -0.2) is 4.98 Å². The van der Waals surface area contributed by atoms with Crippen molar-refractivity contribution in [2.45, 2.75) is 0 Å². The Labute approximate surface area is 167 Å². The van der Waals surface area contributed by atoms with Crippen LogP contribution in [0.1, 0.15) is 20.7 Å². The van der Waals surface area contributed by atoms with Crippen LogP contribution in [0.4, 0.5) is 5.82 Å². The molecule has 0 aliphatic carbocycles. The molecule has 0 saturated heterocycles. The summed E-state index contributed by atoms with van der Waals surface area (Å²) in [6, 6.07) is 13.0. The van der Waals surface area contributed by atoms with Gasteiger partial charge >= 0.3 is 0 Å². The van der Waals surface area contributed by atoms with E-state index in [1.807, 2.05) is 0 Å². The van der Waals surface area contributed by atoms with Gasteiger partial charge in [0.15, 0.2) is 5.58 Å². The third-order valence-corrected chi connectivity index (χ3v) is 4.89. The molecule has 29 heavy (non-hydrogen) atoms. The van der Waals surface area contributed by atoms with E-state index in [1.54, 1.807) is 42.5 Å². The number of nitrogens with two attached hydrogens (primary N) is 1. The zero-order valence-corrected chi connectivity index (χ0v) is 15.4. The Balaban J connectivity index is 1.67. The molecule has 0 bridgehead atoms. The van der Waals surface area contributed by atoms with Gasteiger partial charge in [0.25, 0.3) is 17.4 Å². The number of imide groups is 1. The number of nitrogens with one attached hydrogen (secondary N) is 1. The molecule has 4 aromatic rings. The van der Waals surface area contributed by atoms with Crippen LogP contribution in [0, 0.1) is 0 Å². The lowest BCUT2D eigenvalue weighted by Gasteiger charge is -2.12. The SMILES string of the molecule is Nc1c2c(cc(=O)n1-c1cccc(-c3nc4ccc(Cl)cc4o3)c1)C(=O)NC2=O. The van der Waals surface area contributed by atoms with E-state index >= 15 is 0 Å². The summed E-state index contributed by atoms with van der Waals surface area (Å²) < 4.78 is 6.94. The standard InChI is InChI=1S/C20H11ClN4O4/c21-10-4-5-13-14(7-10)29-20(23-13)9-2-1-3-11(6-9)25-15(26)8-12-16(17(25)22)19(28)24-18(12)27/h1-8H,22H2,(H,24,27,28). The number of nitrogen functional groups attached to an aromatic ring is 1. The molecule has 9 heteroatoms. The number of benzene rings is 2. The highest BCUT2D eigenvalue weighted by molar-refractivity contribution is 6.31. The Bertz CT molecular complexity index is 1420. The van der Waals surface area contributed by atoms with Crippen molar-refractivity contribution in [2.75, 3.05) is 5.73 Å². The summed E-state index contributed by atoms with van der Waals surface area (Å²) in [6.07, 6.45) is 0. The predicted molar refractivity (Wildman–Crippen MR) is 106 cm³/mol. The van der Waals surface area contributed by atoms with Gasteiger partial charge in [0.05, 0.1) is 16.8 Å². The smallest absolute Gasteiger partial charge is 0.262 e. The fraction of sp³-hybridized carbons (Fsp3) is 0. The highest BCUT2D eigenvalue weighted by atomic mass is 35.5. The van der Waals surface area contributed by atoms with Gasteiger partial charge in [-0.05, 0) is 30.3 Å². The summed E-state index contributed by atoms with van der Waals surface area (Å²) in [5.41, 5.74) is 7.67. The van der Waals surface area contributed by atoms with Gasteiger partial charge in [-0.3, -0.25) is 24.3 Å². The normalized spacial score (nSPS) is 13.0. The number of carbonyl (C=O) groups is 2. The summed E-state index contributed by atoms with van der Waals surface area (Å²) in [4.78, 5) is 40.9. The Morgan fingerprint density at radius 1 is 1.03 bits per heavy atom. The van der Waals surface area contributed by atoms with Gasteiger partial charge in [0, 0.05) is 22.7 Å². The fourth-order valence-corrected chi connectivity index (χ4v) is 3.51. The first-order chi connectivity index (χ1) is 13.9. The number of pyridine rings is 1. The highest BCUT2D eigenvalue weighted by Gasteiger charge is 2.31. The van der Waals surface area contributed by atoms with Crippen molar-refractivity contribution in [3.63, 3.8) is 0 Å². The number of aromatic nitrogens is 2. The highest BCUT2D eigenvalue weighted by Crippen LogP contribution is 2.29. The lowest BCUT2D eigenvalue weighted by Crippen LogP contribution is -2.24. The number of carbonyl (C=O) groups excluding carboxylic acids is 2. The third kappa shape index (κ3) is 2.61. The van der Waals surface area contributed by atoms with E-state index in [1.165, 1.54) is 4.57 Å². The van der Waals surface area contributed by atoms with Crippen molar-refractivity contribution in [1.82, 2.24) is 14.9 Å². The summed E-state index contributed by atoms with van der Waals surface area (Å²) in [6.45, 7) is 0. The Kier molecular flexibility index (Phi) is 3.59. The van der Waals surface area contributed by atoms with Crippen molar-refractivity contribution in [3.05, 3.63) is 75.0 Å². The number of hydrogen-bond donors (Lipinski definition) is 2. The fourth-order valence-electron chi connectivity index (χ4n) is 3.35. The van der Waals surface area contributed by atoms with Crippen molar-refractivity contribution >= 4 is 40.3 Å². The average Bonchev–Trinajstić information content (AvgIpc) is 3.22. The quantitative estimate of drug-likeness (QED) is 0.494. The lowest BCUT2D eigenvalue weighted by molar-refractivity contribution is 0.0880. The van der Waals surface area contributed by atoms with E-state index in [2.05, 4.69) is 10.3 Å². The molecular weight excluding hydrogens is 396 g/mol. The van der Waals surface area contributed by atoms with Crippen LogP contribution < -0.4 is 16.6 Å². The molecule has 5 rings (SSSR count). The number of rotatable bonds is 2. The largest absolute Gasteiger partial charge is 0.436 e.